The van der Waals surface area contributed by atoms with Gasteiger partial charge in [-0.2, -0.15) is 0 Å². The second-order valence-electron chi connectivity index (χ2n) is 5.27. The fraction of sp³-hybridized carbons (Fsp3) is 0.167. The normalized spacial score (nSPS) is 10.8. The van der Waals surface area contributed by atoms with Gasteiger partial charge >= 0.3 is 0 Å². The van der Waals surface area contributed by atoms with Crippen LogP contribution in [0.25, 0.3) is 10.9 Å². The SMILES string of the molecule is Cc1ccccc1NCc1c(C)[nH]c2ccccc2c1=O. The zero-order valence-corrected chi connectivity index (χ0v) is 12.2. The molecule has 0 spiro atoms. The highest BCUT2D eigenvalue weighted by Gasteiger charge is 2.09. The molecule has 2 N–H and O–H groups in total. The maximum Gasteiger partial charge on any atom is 0.194 e. The van der Waals surface area contributed by atoms with Crippen LogP contribution < -0.4 is 10.7 Å². The Morgan fingerprint density at radius 2 is 1.71 bits per heavy atom. The third-order valence-electron chi connectivity index (χ3n) is 3.82. The van der Waals surface area contributed by atoms with Crippen LogP contribution in [0.2, 0.25) is 0 Å². The van der Waals surface area contributed by atoms with Gasteiger partial charge in [-0.15, -0.1) is 0 Å². The van der Waals surface area contributed by atoms with E-state index in [4.69, 9.17) is 0 Å². The standard InChI is InChI=1S/C18H18N2O/c1-12-7-3-5-9-16(12)19-11-15-13(2)20-17-10-6-4-8-14(17)18(15)21/h3-10,19H,11H2,1-2H3,(H,20,21). The Hall–Kier alpha value is -2.55. The van der Waals surface area contributed by atoms with Gasteiger partial charge in [0.25, 0.3) is 0 Å². The van der Waals surface area contributed by atoms with Crippen LogP contribution in [-0.4, -0.2) is 4.98 Å². The Bertz CT molecular complexity index is 849. The van der Waals surface area contributed by atoms with Gasteiger partial charge in [-0.05, 0) is 37.6 Å². The van der Waals surface area contributed by atoms with Crippen LogP contribution in [0.3, 0.4) is 0 Å². The van der Waals surface area contributed by atoms with E-state index in [1.165, 1.54) is 5.56 Å². The van der Waals surface area contributed by atoms with Gasteiger partial charge < -0.3 is 10.3 Å². The van der Waals surface area contributed by atoms with E-state index in [1.807, 2.05) is 49.4 Å². The van der Waals surface area contributed by atoms with Crippen molar-refractivity contribution in [3.05, 3.63) is 75.6 Å². The molecule has 0 aliphatic carbocycles. The summed E-state index contributed by atoms with van der Waals surface area (Å²) < 4.78 is 0. The lowest BCUT2D eigenvalue weighted by Crippen LogP contribution is -2.17. The Labute approximate surface area is 123 Å². The molecular formula is C18H18N2O. The van der Waals surface area contributed by atoms with E-state index in [2.05, 4.69) is 23.3 Å². The summed E-state index contributed by atoms with van der Waals surface area (Å²) in [6.07, 6.45) is 0. The van der Waals surface area contributed by atoms with Crippen LogP contribution in [0.4, 0.5) is 5.69 Å². The van der Waals surface area contributed by atoms with Crippen molar-refractivity contribution in [3.63, 3.8) is 0 Å². The molecule has 0 atom stereocenters. The molecule has 0 aliphatic heterocycles. The lowest BCUT2D eigenvalue weighted by atomic mass is 10.1. The average Bonchev–Trinajstić information content (AvgIpc) is 2.49. The Morgan fingerprint density at radius 3 is 2.52 bits per heavy atom. The molecule has 1 aromatic heterocycles. The van der Waals surface area contributed by atoms with E-state index in [0.717, 1.165) is 27.8 Å². The second kappa shape index (κ2) is 5.44. The lowest BCUT2D eigenvalue weighted by molar-refractivity contribution is 1.06. The molecule has 2 aromatic carbocycles. The minimum absolute atomic E-state index is 0.0999. The molecule has 0 unspecified atom stereocenters. The fourth-order valence-corrected chi connectivity index (χ4v) is 2.57. The van der Waals surface area contributed by atoms with Gasteiger partial charge in [-0.1, -0.05) is 30.3 Å². The van der Waals surface area contributed by atoms with E-state index in [-0.39, 0.29) is 5.43 Å². The van der Waals surface area contributed by atoms with Crippen molar-refractivity contribution < 1.29 is 0 Å². The molecule has 3 heteroatoms. The van der Waals surface area contributed by atoms with Gasteiger partial charge in [0, 0.05) is 34.4 Å². The molecule has 0 saturated carbocycles. The van der Waals surface area contributed by atoms with Crippen LogP contribution >= 0.6 is 0 Å². The summed E-state index contributed by atoms with van der Waals surface area (Å²) in [5.41, 5.74) is 4.93. The summed E-state index contributed by atoms with van der Waals surface area (Å²) in [5, 5.41) is 4.10. The van der Waals surface area contributed by atoms with Gasteiger partial charge in [0.15, 0.2) is 5.43 Å². The first kappa shape index (κ1) is 13.4. The summed E-state index contributed by atoms with van der Waals surface area (Å²) in [6, 6.07) is 15.7. The number of aryl methyl sites for hydroxylation is 2. The lowest BCUT2D eigenvalue weighted by Gasteiger charge is -2.12. The van der Waals surface area contributed by atoms with Gasteiger partial charge in [0.05, 0.1) is 0 Å². The van der Waals surface area contributed by atoms with Crippen LogP contribution in [0.1, 0.15) is 16.8 Å². The zero-order chi connectivity index (χ0) is 14.8. The van der Waals surface area contributed by atoms with Crippen molar-refractivity contribution >= 4 is 16.6 Å². The summed E-state index contributed by atoms with van der Waals surface area (Å²) in [7, 11) is 0. The first-order valence-corrected chi connectivity index (χ1v) is 7.07. The minimum Gasteiger partial charge on any atom is -0.381 e. The zero-order valence-electron chi connectivity index (χ0n) is 12.2. The number of aromatic amines is 1. The van der Waals surface area contributed by atoms with Gasteiger partial charge in [0.1, 0.15) is 0 Å². The van der Waals surface area contributed by atoms with Gasteiger partial charge in [-0.25, -0.2) is 0 Å². The van der Waals surface area contributed by atoms with Crippen LogP contribution in [-0.2, 0) is 6.54 Å². The number of hydrogen-bond acceptors (Lipinski definition) is 2. The molecule has 0 aliphatic rings. The highest BCUT2D eigenvalue weighted by Crippen LogP contribution is 2.16. The van der Waals surface area contributed by atoms with Crippen LogP contribution in [0.15, 0.2) is 53.3 Å². The van der Waals surface area contributed by atoms with Gasteiger partial charge in [-0.3, -0.25) is 4.79 Å². The molecule has 0 radical (unpaired) electrons. The second-order valence-corrected chi connectivity index (χ2v) is 5.27. The Morgan fingerprint density at radius 1 is 1.00 bits per heavy atom. The average molecular weight is 278 g/mol. The monoisotopic (exact) mass is 278 g/mol. The topological polar surface area (TPSA) is 44.9 Å². The molecule has 106 valence electrons. The van der Waals surface area contributed by atoms with E-state index >= 15 is 0 Å². The summed E-state index contributed by atoms with van der Waals surface area (Å²) in [6.45, 7) is 4.53. The number of pyridine rings is 1. The smallest absolute Gasteiger partial charge is 0.194 e. The first-order valence-electron chi connectivity index (χ1n) is 7.07. The maximum atomic E-state index is 12.6. The van der Waals surface area contributed by atoms with Crippen molar-refractivity contribution in [1.29, 1.82) is 0 Å². The number of aromatic nitrogens is 1. The number of hydrogen-bond donors (Lipinski definition) is 2. The molecule has 0 bridgehead atoms. The Balaban J connectivity index is 1.98. The van der Waals surface area contributed by atoms with Crippen molar-refractivity contribution in [2.45, 2.75) is 20.4 Å². The molecule has 0 amide bonds. The fourth-order valence-electron chi connectivity index (χ4n) is 2.57. The van der Waals surface area contributed by atoms with Crippen LogP contribution in [0.5, 0.6) is 0 Å². The van der Waals surface area contributed by atoms with E-state index in [1.54, 1.807) is 0 Å². The number of para-hydroxylation sites is 2. The predicted molar refractivity (Wildman–Crippen MR) is 87.8 cm³/mol. The molecule has 3 aromatic rings. The van der Waals surface area contributed by atoms with Gasteiger partial charge in [0.2, 0.25) is 0 Å². The molecule has 21 heavy (non-hydrogen) atoms. The molecular weight excluding hydrogens is 260 g/mol. The van der Waals surface area contributed by atoms with E-state index < -0.39 is 0 Å². The number of anilines is 1. The largest absolute Gasteiger partial charge is 0.381 e. The maximum absolute atomic E-state index is 12.6. The molecule has 3 rings (SSSR count). The Kier molecular flexibility index (Phi) is 3.48. The summed E-state index contributed by atoms with van der Waals surface area (Å²) >= 11 is 0. The van der Waals surface area contributed by atoms with Crippen LogP contribution in [0, 0.1) is 13.8 Å². The highest BCUT2D eigenvalue weighted by atomic mass is 16.1. The number of rotatable bonds is 3. The molecule has 0 saturated heterocycles. The van der Waals surface area contributed by atoms with Crippen molar-refractivity contribution in [3.8, 4) is 0 Å². The third kappa shape index (κ3) is 2.55. The molecule has 0 fully saturated rings. The van der Waals surface area contributed by atoms with Crippen molar-refractivity contribution in [2.75, 3.05) is 5.32 Å². The molecule has 3 nitrogen and oxygen atoms in total. The van der Waals surface area contributed by atoms with E-state index in [0.29, 0.717) is 6.54 Å². The summed E-state index contributed by atoms with van der Waals surface area (Å²) in [5.74, 6) is 0. The number of fused-ring (bicyclic) bond motifs is 1. The predicted octanol–water partition coefficient (Wildman–Crippen LogP) is 3.76. The minimum atomic E-state index is 0.0999. The summed E-state index contributed by atoms with van der Waals surface area (Å²) in [4.78, 5) is 15.9. The number of nitrogens with one attached hydrogen (secondary N) is 2. The first-order chi connectivity index (χ1) is 10.2. The van der Waals surface area contributed by atoms with E-state index in [9.17, 15) is 4.79 Å². The molecule has 1 heterocycles. The van der Waals surface area contributed by atoms with Crippen molar-refractivity contribution in [1.82, 2.24) is 4.98 Å². The third-order valence-corrected chi connectivity index (χ3v) is 3.82. The number of H-pyrrole nitrogens is 1. The van der Waals surface area contributed by atoms with Crippen molar-refractivity contribution in [2.24, 2.45) is 0 Å². The quantitative estimate of drug-likeness (QED) is 0.766. The highest BCUT2D eigenvalue weighted by molar-refractivity contribution is 5.79. The number of benzene rings is 2.